The zero-order chi connectivity index (χ0) is 13.7. The summed E-state index contributed by atoms with van der Waals surface area (Å²) < 4.78 is 2.84. The predicted molar refractivity (Wildman–Crippen MR) is 80.4 cm³/mol. The number of nitrogens with zero attached hydrogens (tertiary/aromatic N) is 4. The van der Waals surface area contributed by atoms with Crippen molar-refractivity contribution in [2.24, 2.45) is 4.58 Å². The molecule has 0 spiro atoms. The van der Waals surface area contributed by atoms with E-state index in [4.69, 9.17) is 0 Å². The number of pyridine rings is 1. The van der Waals surface area contributed by atoms with Gasteiger partial charge in [-0.15, -0.1) is 4.91 Å². The minimum absolute atomic E-state index is 0.116. The zero-order valence-corrected chi connectivity index (χ0v) is 12.3. The topological polar surface area (TPSA) is 48.8 Å². The predicted octanol–water partition coefficient (Wildman–Crippen LogP) is 2.40. The van der Waals surface area contributed by atoms with E-state index in [9.17, 15) is 4.91 Å². The number of rotatable bonds is 5. The van der Waals surface area contributed by atoms with Gasteiger partial charge in [-0.05, 0) is 26.0 Å². The maximum Gasteiger partial charge on any atom is 0.128 e. The molecular weight excluding hydrogens is 260 g/mol. The van der Waals surface area contributed by atoms with Gasteiger partial charge in [0.15, 0.2) is 0 Å². The molecule has 1 saturated heterocycles. The minimum Gasteiger partial charge on any atom is -0.354 e. The first-order chi connectivity index (χ1) is 9.11. The number of piperazine rings is 1. The summed E-state index contributed by atoms with van der Waals surface area (Å²) in [6, 6.07) is 6.00. The van der Waals surface area contributed by atoms with E-state index in [0.717, 1.165) is 50.5 Å². The molecule has 0 unspecified atom stereocenters. The molecule has 0 amide bonds. The molecule has 0 saturated carbocycles. The van der Waals surface area contributed by atoms with Crippen LogP contribution in [-0.2, 0) is 0 Å². The second-order valence-corrected chi connectivity index (χ2v) is 6.81. The molecule has 1 fully saturated rings. The molecule has 1 aromatic rings. The van der Waals surface area contributed by atoms with Gasteiger partial charge in [-0.2, -0.15) is 0 Å². The van der Waals surface area contributed by atoms with Crippen LogP contribution in [0.3, 0.4) is 0 Å². The maximum absolute atomic E-state index is 10.4. The van der Waals surface area contributed by atoms with Gasteiger partial charge >= 0.3 is 0 Å². The molecule has 0 atom stereocenters. The van der Waals surface area contributed by atoms with Crippen LogP contribution < -0.4 is 4.90 Å². The molecule has 1 aliphatic heterocycles. The molecule has 19 heavy (non-hydrogen) atoms. The van der Waals surface area contributed by atoms with Crippen molar-refractivity contribution in [2.45, 2.75) is 18.6 Å². The van der Waals surface area contributed by atoms with Crippen molar-refractivity contribution in [3.8, 4) is 0 Å². The molecule has 0 N–H and O–H groups in total. The van der Waals surface area contributed by atoms with Gasteiger partial charge in [0.1, 0.15) is 5.82 Å². The van der Waals surface area contributed by atoms with E-state index in [-0.39, 0.29) is 4.75 Å². The van der Waals surface area contributed by atoms with Crippen LogP contribution in [0.4, 0.5) is 5.82 Å². The maximum atomic E-state index is 10.4. The fourth-order valence-electron chi connectivity index (χ4n) is 2.34. The highest BCUT2D eigenvalue weighted by molar-refractivity contribution is 7.99. The molecule has 5 nitrogen and oxygen atoms in total. The minimum atomic E-state index is -0.116. The van der Waals surface area contributed by atoms with E-state index in [1.54, 1.807) is 0 Å². The largest absolute Gasteiger partial charge is 0.354 e. The van der Waals surface area contributed by atoms with Gasteiger partial charge in [0, 0.05) is 60.2 Å². The van der Waals surface area contributed by atoms with Gasteiger partial charge in [-0.3, -0.25) is 4.90 Å². The van der Waals surface area contributed by atoms with Gasteiger partial charge < -0.3 is 4.90 Å². The molecule has 1 aliphatic rings. The Hall–Kier alpha value is -1.14. The summed E-state index contributed by atoms with van der Waals surface area (Å²) in [6.07, 6.45) is 1.83. The van der Waals surface area contributed by atoms with E-state index in [0.29, 0.717) is 0 Å². The Bertz CT molecular complexity index is 404. The van der Waals surface area contributed by atoms with Crippen LogP contribution in [0.1, 0.15) is 13.8 Å². The lowest BCUT2D eigenvalue weighted by Gasteiger charge is -2.38. The molecular formula is C13H20N4OS. The van der Waals surface area contributed by atoms with Crippen LogP contribution in [0.5, 0.6) is 0 Å². The number of hydrogen-bond donors (Lipinski definition) is 0. The molecule has 6 heteroatoms. The van der Waals surface area contributed by atoms with Gasteiger partial charge in [0.25, 0.3) is 0 Å². The van der Waals surface area contributed by atoms with Crippen LogP contribution in [0.15, 0.2) is 29.0 Å². The van der Waals surface area contributed by atoms with Gasteiger partial charge in [-0.25, -0.2) is 4.98 Å². The first-order valence-corrected chi connectivity index (χ1v) is 7.27. The number of nitroso groups, excluding NO2 is 1. The number of anilines is 1. The van der Waals surface area contributed by atoms with Crippen LogP contribution in [0, 0.1) is 4.91 Å². The highest BCUT2D eigenvalue weighted by atomic mass is 32.2. The molecule has 104 valence electrons. The Balaban J connectivity index is 1.84. The molecule has 2 rings (SSSR count). The summed E-state index contributed by atoms with van der Waals surface area (Å²) in [5, 5.41) is 0. The fraction of sp³-hybridized carbons (Fsp3) is 0.615. The van der Waals surface area contributed by atoms with Crippen molar-refractivity contribution in [1.29, 1.82) is 0 Å². The number of aromatic nitrogens is 1. The van der Waals surface area contributed by atoms with E-state index in [2.05, 4.69) is 33.2 Å². The summed E-state index contributed by atoms with van der Waals surface area (Å²) >= 11 is 1.13. The lowest BCUT2D eigenvalue weighted by molar-refractivity contribution is 0.241. The molecule has 0 bridgehead atoms. The van der Waals surface area contributed by atoms with Crippen molar-refractivity contribution >= 4 is 17.8 Å². The average molecular weight is 280 g/mol. The Labute approximate surface area is 118 Å². The third-order valence-electron chi connectivity index (χ3n) is 3.23. The van der Waals surface area contributed by atoms with E-state index >= 15 is 0 Å². The van der Waals surface area contributed by atoms with Crippen LogP contribution in [0.25, 0.3) is 0 Å². The first-order valence-electron chi connectivity index (χ1n) is 6.50. The monoisotopic (exact) mass is 280 g/mol. The van der Waals surface area contributed by atoms with Gasteiger partial charge in [0.2, 0.25) is 0 Å². The highest BCUT2D eigenvalue weighted by Crippen LogP contribution is 2.26. The van der Waals surface area contributed by atoms with E-state index in [1.165, 1.54) is 0 Å². The second kappa shape index (κ2) is 6.34. The molecule has 0 aromatic carbocycles. The smallest absolute Gasteiger partial charge is 0.128 e. The van der Waals surface area contributed by atoms with Gasteiger partial charge in [-0.1, -0.05) is 6.07 Å². The Kier molecular flexibility index (Phi) is 4.76. The SMILES string of the molecule is CC(C)(CN1CCN(c2ccccn2)CC1)SN=O. The normalized spacial score (nSPS) is 17.5. The van der Waals surface area contributed by atoms with Crippen molar-refractivity contribution in [3.05, 3.63) is 29.3 Å². The summed E-state index contributed by atoms with van der Waals surface area (Å²) in [7, 11) is 0. The van der Waals surface area contributed by atoms with Crippen molar-refractivity contribution in [3.63, 3.8) is 0 Å². The Morgan fingerprint density at radius 1 is 1.32 bits per heavy atom. The lowest BCUT2D eigenvalue weighted by Crippen LogP contribution is -2.50. The fourth-order valence-corrected chi connectivity index (χ4v) is 2.79. The molecule has 0 radical (unpaired) electrons. The van der Waals surface area contributed by atoms with E-state index in [1.807, 2.05) is 24.4 Å². The summed E-state index contributed by atoms with van der Waals surface area (Å²) in [4.78, 5) is 19.4. The third kappa shape index (κ3) is 4.18. The molecule has 0 aliphatic carbocycles. The summed E-state index contributed by atoms with van der Waals surface area (Å²) in [5.74, 6) is 1.05. The third-order valence-corrected chi connectivity index (χ3v) is 3.93. The average Bonchev–Trinajstić information content (AvgIpc) is 2.40. The van der Waals surface area contributed by atoms with Crippen LogP contribution >= 0.6 is 11.9 Å². The lowest BCUT2D eigenvalue weighted by atomic mass is 10.1. The molecule has 1 aromatic heterocycles. The van der Waals surface area contributed by atoms with Crippen LogP contribution in [-0.4, -0.2) is 47.4 Å². The van der Waals surface area contributed by atoms with Crippen LogP contribution in [0.2, 0.25) is 0 Å². The summed E-state index contributed by atoms with van der Waals surface area (Å²) in [6.45, 7) is 8.96. The van der Waals surface area contributed by atoms with Crippen molar-refractivity contribution in [2.75, 3.05) is 37.6 Å². The second-order valence-electron chi connectivity index (χ2n) is 5.38. The van der Waals surface area contributed by atoms with E-state index < -0.39 is 0 Å². The summed E-state index contributed by atoms with van der Waals surface area (Å²) in [5.41, 5.74) is 0. The molecule has 2 heterocycles. The van der Waals surface area contributed by atoms with Crippen molar-refractivity contribution < 1.29 is 0 Å². The van der Waals surface area contributed by atoms with Crippen molar-refractivity contribution in [1.82, 2.24) is 9.88 Å². The highest BCUT2D eigenvalue weighted by Gasteiger charge is 2.26. The zero-order valence-electron chi connectivity index (χ0n) is 11.5. The first kappa shape index (κ1) is 14.3. The Morgan fingerprint density at radius 2 is 2.05 bits per heavy atom. The number of hydrogen-bond acceptors (Lipinski definition) is 6. The van der Waals surface area contributed by atoms with Gasteiger partial charge in [0.05, 0.1) is 0 Å². The Morgan fingerprint density at radius 3 is 2.63 bits per heavy atom. The standard InChI is InChI=1S/C13H20N4OS/c1-13(2,19-15-18)11-16-7-9-17(10-8-16)12-5-3-4-6-14-12/h3-6H,7-11H2,1-2H3. The quantitative estimate of drug-likeness (QED) is 0.612.